The molecule has 2 rings (SSSR count). The molecule has 0 atom stereocenters. The lowest BCUT2D eigenvalue weighted by Crippen LogP contribution is -2.36. The van der Waals surface area contributed by atoms with E-state index < -0.39 is 12.7 Å². The molecule has 6 heteroatoms. The molecule has 0 saturated heterocycles. The summed E-state index contributed by atoms with van der Waals surface area (Å²) in [5.41, 5.74) is 1.85. The second-order valence-corrected chi connectivity index (χ2v) is 5.58. The average Bonchev–Trinajstić information content (AvgIpc) is 3.19. The van der Waals surface area contributed by atoms with Crippen LogP contribution in [0.15, 0.2) is 12.1 Å². The minimum atomic E-state index is -4.20. The molecule has 0 spiro atoms. The Hall–Kier alpha value is -1.30. The molecule has 0 bridgehead atoms. The topological polar surface area (TPSA) is 28.2 Å². The average molecular weight is 301 g/mol. The van der Waals surface area contributed by atoms with Crippen LogP contribution in [-0.4, -0.2) is 30.8 Å². The van der Waals surface area contributed by atoms with Gasteiger partial charge in [-0.3, -0.25) is 0 Å². The van der Waals surface area contributed by atoms with Gasteiger partial charge in [0.2, 0.25) is 0 Å². The van der Waals surface area contributed by atoms with Crippen molar-refractivity contribution in [2.24, 2.45) is 0 Å². The lowest BCUT2D eigenvalue weighted by molar-refractivity contribution is -0.120. The Morgan fingerprint density at radius 3 is 2.57 bits per heavy atom. The van der Waals surface area contributed by atoms with Crippen LogP contribution in [0.2, 0.25) is 0 Å². The van der Waals surface area contributed by atoms with Gasteiger partial charge in [-0.2, -0.15) is 13.2 Å². The van der Waals surface area contributed by atoms with Crippen LogP contribution in [-0.2, 0) is 13.0 Å². The van der Waals surface area contributed by atoms with Crippen LogP contribution in [0.5, 0.6) is 0 Å². The van der Waals surface area contributed by atoms with E-state index in [-0.39, 0.29) is 6.04 Å². The highest BCUT2D eigenvalue weighted by Gasteiger charge is 2.38. The predicted molar refractivity (Wildman–Crippen MR) is 77.4 cm³/mol. The molecule has 1 fully saturated rings. The highest BCUT2D eigenvalue weighted by atomic mass is 19.4. The molecule has 1 N–H and O–H groups in total. The predicted octanol–water partition coefficient (Wildman–Crippen LogP) is 3.28. The van der Waals surface area contributed by atoms with Gasteiger partial charge in [0.1, 0.15) is 12.4 Å². The number of hydrogen-bond donors (Lipinski definition) is 1. The Labute approximate surface area is 123 Å². The van der Waals surface area contributed by atoms with Crippen molar-refractivity contribution in [2.45, 2.75) is 51.4 Å². The molecule has 0 unspecified atom stereocenters. The second kappa shape index (κ2) is 6.64. The molecule has 0 aliphatic heterocycles. The molecule has 1 aromatic rings. The van der Waals surface area contributed by atoms with Crippen molar-refractivity contribution in [3.63, 3.8) is 0 Å². The van der Waals surface area contributed by atoms with Gasteiger partial charge in [0.25, 0.3) is 0 Å². The zero-order valence-electron chi connectivity index (χ0n) is 12.5. The number of alkyl halides is 3. The summed E-state index contributed by atoms with van der Waals surface area (Å²) in [6.45, 7) is 1.76. The third kappa shape index (κ3) is 4.88. The van der Waals surface area contributed by atoms with Crippen molar-refractivity contribution in [1.29, 1.82) is 0 Å². The van der Waals surface area contributed by atoms with E-state index in [1.54, 1.807) is 6.07 Å². The van der Waals surface area contributed by atoms with Crippen LogP contribution in [0.1, 0.15) is 37.4 Å². The zero-order valence-corrected chi connectivity index (χ0v) is 12.5. The molecular weight excluding hydrogens is 279 g/mol. The fraction of sp³-hybridized carbons (Fsp3) is 0.667. The third-order valence-electron chi connectivity index (χ3n) is 3.44. The van der Waals surface area contributed by atoms with Gasteiger partial charge in [-0.15, -0.1) is 0 Å². The normalized spacial score (nSPS) is 15.3. The Morgan fingerprint density at radius 1 is 1.33 bits per heavy atom. The van der Waals surface area contributed by atoms with E-state index >= 15 is 0 Å². The molecular formula is C15H22F3N3. The van der Waals surface area contributed by atoms with Crippen LogP contribution >= 0.6 is 0 Å². The highest BCUT2D eigenvalue weighted by molar-refractivity contribution is 5.45. The van der Waals surface area contributed by atoms with Crippen LogP contribution in [0.3, 0.4) is 0 Å². The first-order chi connectivity index (χ1) is 9.93. The van der Waals surface area contributed by atoms with Gasteiger partial charge >= 0.3 is 6.18 Å². The fourth-order valence-electron chi connectivity index (χ4n) is 2.45. The molecule has 1 saturated carbocycles. The molecule has 118 valence electrons. The van der Waals surface area contributed by atoms with Crippen molar-refractivity contribution in [3.05, 3.63) is 23.4 Å². The maximum atomic E-state index is 12.8. The fourth-order valence-corrected chi connectivity index (χ4v) is 2.45. The largest absolute Gasteiger partial charge is 0.405 e. The minimum Gasteiger partial charge on any atom is -0.345 e. The maximum Gasteiger partial charge on any atom is 0.405 e. The summed E-state index contributed by atoms with van der Waals surface area (Å²) in [5, 5.41) is 3.04. The standard InChI is InChI=1S/C15H22F3N3/c1-3-4-12-7-11(9-19-2)8-14(20-12)21(13-5-6-13)10-15(16,17)18/h7-8,13,19H,3-6,9-10H2,1-2H3. The Morgan fingerprint density at radius 2 is 2.05 bits per heavy atom. The first-order valence-corrected chi connectivity index (χ1v) is 7.40. The van der Waals surface area contributed by atoms with Crippen molar-refractivity contribution < 1.29 is 13.2 Å². The summed E-state index contributed by atoms with van der Waals surface area (Å²) in [5.74, 6) is 0.464. The second-order valence-electron chi connectivity index (χ2n) is 5.58. The molecule has 1 aliphatic rings. The number of aryl methyl sites for hydroxylation is 1. The van der Waals surface area contributed by atoms with Crippen LogP contribution in [0.4, 0.5) is 19.0 Å². The number of aromatic nitrogens is 1. The monoisotopic (exact) mass is 301 g/mol. The quantitative estimate of drug-likeness (QED) is 0.837. The summed E-state index contributed by atoms with van der Waals surface area (Å²) >= 11 is 0. The van der Waals surface area contributed by atoms with Gasteiger partial charge in [-0.25, -0.2) is 4.98 Å². The number of halogens is 3. The zero-order chi connectivity index (χ0) is 15.5. The molecule has 1 aromatic heterocycles. The van der Waals surface area contributed by atoms with E-state index in [1.165, 1.54) is 4.90 Å². The van der Waals surface area contributed by atoms with Gasteiger partial charge < -0.3 is 10.2 Å². The molecule has 0 radical (unpaired) electrons. The van der Waals surface area contributed by atoms with E-state index in [2.05, 4.69) is 10.3 Å². The first kappa shape index (κ1) is 16.1. The van der Waals surface area contributed by atoms with Crippen molar-refractivity contribution in [2.75, 3.05) is 18.5 Å². The lowest BCUT2D eigenvalue weighted by Gasteiger charge is -2.26. The van der Waals surface area contributed by atoms with Gasteiger partial charge in [-0.05, 0) is 44.0 Å². The van der Waals surface area contributed by atoms with Crippen LogP contribution in [0.25, 0.3) is 0 Å². The van der Waals surface area contributed by atoms with E-state index in [0.29, 0.717) is 12.4 Å². The molecule has 1 aliphatic carbocycles. The summed E-state index contributed by atoms with van der Waals surface area (Å²) in [4.78, 5) is 5.86. The number of nitrogens with one attached hydrogen (secondary N) is 1. The minimum absolute atomic E-state index is 0.0153. The summed E-state index contributed by atoms with van der Waals surface area (Å²) in [6.07, 6.45) is -0.852. The molecule has 3 nitrogen and oxygen atoms in total. The van der Waals surface area contributed by atoms with E-state index in [0.717, 1.165) is 36.9 Å². The SMILES string of the molecule is CCCc1cc(CNC)cc(N(CC(F)(F)F)C2CC2)n1. The summed E-state index contributed by atoms with van der Waals surface area (Å²) in [7, 11) is 1.83. The number of pyridine rings is 1. The number of rotatable bonds is 7. The number of nitrogens with zero attached hydrogens (tertiary/aromatic N) is 2. The summed E-state index contributed by atoms with van der Waals surface area (Å²) < 4.78 is 38.4. The Balaban J connectivity index is 2.29. The lowest BCUT2D eigenvalue weighted by atomic mass is 10.1. The Kier molecular flexibility index (Phi) is 5.08. The van der Waals surface area contributed by atoms with E-state index in [4.69, 9.17) is 0 Å². The van der Waals surface area contributed by atoms with Gasteiger partial charge in [0.05, 0.1) is 0 Å². The van der Waals surface area contributed by atoms with E-state index in [9.17, 15) is 13.2 Å². The number of hydrogen-bond acceptors (Lipinski definition) is 3. The smallest absolute Gasteiger partial charge is 0.345 e. The summed E-state index contributed by atoms with van der Waals surface area (Å²) in [6, 6.07) is 3.74. The molecule has 1 heterocycles. The highest BCUT2D eigenvalue weighted by Crippen LogP contribution is 2.34. The Bertz CT molecular complexity index is 445. The van der Waals surface area contributed by atoms with Gasteiger partial charge in [-0.1, -0.05) is 13.3 Å². The number of anilines is 1. The third-order valence-corrected chi connectivity index (χ3v) is 3.44. The van der Waals surface area contributed by atoms with E-state index in [1.807, 2.05) is 20.0 Å². The maximum absolute atomic E-state index is 12.8. The first-order valence-electron chi connectivity index (χ1n) is 7.40. The van der Waals surface area contributed by atoms with Gasteiger partial charge in [0, 0.05) is 18.3 Å². The van der Waals surface area contributed by atoms with Crippen molar-refractivity contribution >= 4 is 5.82 Å². The molecule has 0 amide bonds. The van der Waals surface area contributed by atoms with Crippen molar-refractivity contribution in [1.82, 2.24) is 10.3 Å². The molecule has 21 heavy (non-hydrogen) atoms. The molecule has 0 aromatic carbocycles. The van der Waals surface area contributed by atoms with Gasteiger partial charge in [0.15, 0.2) is 0 Å². The van der Waals surface area contributed by atoms with Crippen LogP contribution in [0, 0.1) is 0 Å². The van der Waals surface area contributed by atoms with Crippen LogP contribution < -0.4 is 10.2 Å². The van der Waals surface area contributed by atoms with Crippen molar-refractivity contribution in [3.8, 4) is 0 Å².